The summed E-state index contributed by atoms with van der Waals surface area (Å²) in [5.41, 5.74) is 9.49. The third-order valence-electron chi connectivity index (χ3n) is 6.68. The Hall–Kier alpha value is -0.830. The minimum atomic E-state index is -0.972. The van der Waals surface area contributed by atoms with E-state index in [0.717, 1.165) is 5.54 Å². The van der Waals surface area contributed by atoms with Crippen LogP contribution in [0.4, 0.5) is 0 Å². The Morgan fingerprint density at radius 3 is 2.22 bits per heavy atom. The Labute approximate surface area is 228 Å². The minimum Gasteiger partial charge on any atom is -1.00 e. The van der Waals surface area contributed by atoms with Crippen molar-refractivity contribution < 1.29 is 51.0 Å². The van der Waals surface area contributed by atoms with E-state index in [4.69, 9.17) is 0 Å². The van der Waals surface area contributed by atoms with Gasteiger partial charge in [-0.1, -0.05) is 67.0 Å². The van der Waals surface area contributed by atoms with Crippen LogP contribution >= 0.6 is 11.3 Å². The monoisotopic (exact) mass is 571 g/mol. The molecule has 1 unspecified atom stereocenters. The number of hydrogen-bond acceptors (Lipinski definition) is 1. The van der Waals surface area contributed by atoms with E-state index < -0.39 is 8.07 Å². The molecule has 0 nitrogen and oxygen atoms in total. The Balaban J connectivity index is 0.000000216. The summed E-state index contributed by atoms with van der Waals surface area (Å²) in [7, 11) is -0.972. The van der Waals surface area contributed by atoms with Gasteiger partial charge >= 0.3 is 26.2 Å². The fourth-order valence-corrected chi connectivity index (χ4v) is 11.7. The number of hydrogen-bond donors (Lipinski definition) is 0. The van der Waals surface area contributed by atoms with Gasteiger partial charge in [-0.2, -0.15) is 6.07 Å². The zero-order chi connectivity index (χ0) is 20.3. The number of halogens is 2. The number of thiophene rings is 1. The molecule has 4 aromatic rings. The predicted molar refractivity (Wildman–Crippen MR) is 132 cm³/mol. The van der Waals surface area contributed by atoms with Crippen molar-refractivity contribution in [2.75, 3.05) is 0 Å². The van der Waals surface area contributed by atoms with Gasteiger partial charge in [0, 0.05) is 10.4 Å². The van der Waals surface area contributed by atoms with E-state index in [1.165, 1.54) is 33.0 Å². The summed E-state index contributed by atoms with van der Waals surface area (Å²) in [6.07, 6.45) is 0. The van der Waals surface area contributed by atoms with Crippen LogP contribution in [-0.4, -0.2) is 8.07 Å². The number of aryl methyl sites for hydroxylation is 2. The van der Waals surface area contributed by atoms with Crippen molar-refractivity contribution in [2.24, 2.45) is 0 Å². The van der Waals surface area contributed by atoms with E-state index >= 15 is 0 Å². The largest absolute Gasteiger partial charge is 3.00 e. The van der Waals surface area contributed by atoms with E-state index in [9.17, 15) is 0 Å². The maximum atomic E-state index is 2.51. The first-order valence-electron chi connectivity index (χ1n) is 10.4. The quantitative estimate of drug-likeness (QED) is 0.242. The first-order valence-corrected chi connectivity index (χ1v) is 14.4. The van der Waals surface area contributed by atoms with Gasteiger partial charge < -0.3 is 24.8 Å². The predicted octanol–water partition coefficient (Wildman–Crippen LogP) is 2.27. The van der Waals surface area contributed by atoms with Crippen molar-refractivity contribution in [3.63, 3.8) is 0 Å². The van der Waals surface area contributed by atoms with Crippen molar-refractivity contribution in [1.29, 1.82) is 0 Å². The number of allylic oxidation sites excluding steroid dienone is 1. The molecule has 32 heavy (non-hydrogen) atoms. The van der Waals surface area contributed by atoms with Gasteiger partial charge in [0.1, 0.15) is 0 Å². The van der Waals surface area contributed by atoms with Crippen LogP contribution in [-0.2, 0) is 26.2 Å². The SMILES string of the molecule is CC1=C2c3sccc3C1[Si]2(C)C.Cc1ccc(-c2cccc3[cH-]c(C)cc23)cc1.[Cl-].[Cl-].[Zr+3]. The molecular formula is C27H27Cl2SSiZr. The van der Waals surface area contributed by atoms with Crippen LogP contribution in [0.25, 0.3) is 27.1 Å². The molecule has 2 aliphatic heterocycles. The second-order valence-corrected chi connectivity index (χ2v) is 14.6. The summed E-state index contributed by atoms with van der Waals surface area (Å²) >= 11 is 1.94. The molecule has 7 rings (SSSR count). The second-order valence-electron chi connectivity index (χ2n) is 9.12. The Bertz CT molecular complexity index is 1260. The van der Waals surface area contributed by atoms with Gasteiger partial charge in [-0.05, 0) is 41.6 Å². The van der Waals surface area contributed by atoms with Gasteiger partial charge in [0.2, 0.25) is 0 Å². The Morgan fingerprint density at radius 1 is 0.906 bits per heavy atom. The van der Waals surface area contributed by atoms with Gasteiger partial charge in [-0.15, -0.1) is 45.9 Å². The summed E-state index contributed by atoms with van der Waals surface area (Å²) in [4.78, 5) is 1.63. The van der Waals surface area contributed by atoms with Crippen LogP contribution in [0.5, 0.6) is 0 Å². The minimum absolute atomic E-state index is 0. The number of fused-ring (bicyclic) bond motifs is 1. The molecule has 0 spiro atoms. The zero-order valence-corrected chi connectivity index (χ0v) is 24.9. The molecule has 3 aromatic carbocycles. The summed E-state index contributed by atoms with van der Waals surface area (Å²) in [5, 5.41) is 6.71. The molecule has 2 bridgehead atoms. The van der Waals surface area contributed by atoms with Gasteiger partial charge in [-0.25, -0.2) is 0 Å². The molecule has 0 N–H and O–H groups in total. The van der Waals surface area contributed by atoms with Gasteiger partial charge in [0.15, 0.2) is 0 Å². The fraction of sp³-hybridized carbons (Fsp3) is 0.222. The summed E-state index contributed by atoms with van der Waals surface area (Å²) in [5.74, 6) is 0. The standard InChI is InChI=1S/C17H15.C10H12SSi.2ClH.Zr/c1-12-6-8-14(9-7-12)16-5-3-4-15-10-13(2)11-17(15)16;1-6-9-7-4-5-11-8(7)10(6)12(9,2)3;;;/h3-11H,1-2H3;4-5,9H,1-3H3;2*1H;/q-1;;;;+3/p-2. The molecule has 0 fully saturated rings. The van der Waals surface area contributed by atoms with Crippen LogP contribution in [0.15, 0.2) is 71.6 Å². The van der Waals surface area contributed by atoms with Crippen LogP contribution < -0.4 is 24.8 Å². The van der Waals surface area contributed by atoms with Crippen molar-refractivity contribution in [1.82, 2.24) is 0 Å². The fourth-order valence-electron chi connectivity index (χ4n) is 5.47. The normalized spacial score (nSPS) is 16.6. The topological polar surface area (TPSA) is 0 Å². The van der Waals surface area contributed by atoms with Crippen LogP contribution in [0.1, 0.15) is 34.0 Å². The second kappa shape index (κ2) is 10.2. The Kier molecular flexibility index (Phi) is 8.74. The maximum Gasteiger partial charge on any atom is 3.00 e. The average Bonchev–Trinajstić information content (AvgIpc) is 3.38. The molecule has 1 atom stereocenters. The van der Waals surface area contributed by atoms with E-state index in [0.29, 0.717) is 0 Å². The van der Waals surface area contributed by atoms with E-state index in [1.54, 1.807) is 21.2 Å². The molecular weight excluding hydrogens is 547 g/mol. The molecule has 5 heteroatoms. The molecule has 1 aromatic heterocycles. The maximum absolute atomic E-state index is 2.51. The van der Waals surface area contributed by atoms with Gasteiger partial charge in [0.25, 0.3) is 0 Å². The molecule has 0 saturated carbocycles. The smallest absolute Gasteiger partial charge is 1.00 e. The average molecular weight is 574 g/mol. The van der Waals surface area contributed by atoms with Crippen molar-refractivity contribution in [2.45, 2.75) is 39.4 Å². The molecule has 3 heterocycles. The van der Waals surface area contributed by atoms with E-state index in [-0.39, 0.29) is 51.0 Å². The number of benzene rings is 2. The summed E-state index contributed by atoms with van der Waals surface area (Å²) in [6, 6.07) is 22.1. The van der Waals surface area contributed by atoms with Crippen molar-refractivity contribution >= 4 is 35.4 Å². The molecule has 1 aliphatic carbocycles. The van der Waals surface area contributed by atoms with Crippen LogP contribution in [0.2, 0.25) is 13.1 Å². The third-order valence-corrected chi connectivity index (χ3v) is 11.9. The van der Waals surface area contributed by atoms with Gasteiger partial charge in [0.05, 0.1) is 8.07 Å². The van der Waals surface area contributed by atoms with E-state index in [2.05, 4.69) is 99.9 Å². The van der Waals surface area contributed by atoms with Crippen molar-refractivity contribution in [3.8, 4) is 11.1 Å². The van der Waals surface area contributed by atoms with E-state index in [1.807, 2.05) is 11.3 Å². The van der Waals surface area contributed by atoms with Crippen LogP contribution in [0, 0.1) is 13.8 Å². The Morgan fingerprint density at radius 2 is 1.59 bits per heavy atom. The molecule has 0 saturated heterocycles. The number of rotatable bonds is 1. The first kappa shape index (κ1) is 27.4. The molecule has 1 radical (unpaired) electrons. The molecule has 163 valence electrons. The van der Waals surface area contributed by atoms with Crippen LogP contribution in [0.3, 0.4) is 0 Å². The third kappa shape index (κ3) is 4.32. The van der Waals surface area contributed by atoms with Gasteiger partial charge in [-0.3, -0.25) is 0 Å². The summed E-state index contributed by atoms with van der Waals surface area (Å²) in [6.45, 7) is 11.6. The van der Waals surface area contributed by atoms with Crippen molar-refractivity contribution in [3.05, 3.63) is 93.2 Å². The first-order chi connectivity index (χ1) is 13.9. The molecule has 0 amide bonds. The summed E-state index contributed by atoms with van der Waals surface area (Å²) < 4.78 is 0. The zero-order valence-electron chi connectivity index (χ0n) is 19.1. The molecule has 3 aliphatic rings.